The van der Waals surface area contributed by atoms with Gasteiger partial charge in [-0.15, -0.1) is 11.3 Å². The number of H-pyrrole nitrogens is 1. The van der Waals surface area contributed by atoms with E-state index in [0.717, 1.165) is 28.1 Å². The van der Waals surface area contributed by atoms with Crippen LogP contribution in [-0.4, -0.2) is 34.0 Å². The molecule has 2 bridgehead atoms. The molecule has 0 radical (unpaired) electrons. The van der Waals surface area contributed by atoms with Gasteiger partial charge >= 0.3 is 0 Å². The summed E-state index contributed by atoms with van der Waals surface area (Å²) in [6.07, 6.45) is 5.32. The SMILES string of the molecule is Cc1sc2nc(CCC(=O)NC3CC4CCC(C3)N4)[nH]c(=O)c2c1C. The Hall–Kier alpha value is -1.73. The third-order valence-corrected chi connectivity index (χ3v) is 6.62. The molecule has 2 unspecified atom stereocenters. The molecule has 0 aliphatic carbocycles. The first kappa shape index (κ1) is 16.7. The Kier molecular flexibility index (Phi) is 4.37. The van der Waals surface area contributed by atoms with E-state index in [4.69, 9.17) is 0 Å². The first-order valence-corrected chi connectivity index (χ1v) is 9.85. The Morgan fingerprint density at radius 2 is 2.00 bits per heavy atom. The molecule has 0 saturated carbocycles. The van der Waals surface area contributed by atoms with Gasteiger partial charge in [0, 0.05) is 35.8 Å². The van der Waals surface area contributed by atoms with E-state index in [-0.39, 0.29) is 17.5 Å². The van der Waals surface area contributed by atoms with E-state index < -0.39 is 0 Å². The maximum atomic E-state index is 12.3. The van der Waals surface area contributed by atoms with Gasteiger partial charge in [-0.2, -0.15) is 0 Å². The molecule has 2 fully saturated rings. The minimum atomic E-state index is -0.0998. The van der Waals surface area contributed by atoms with Crippen LogP contribution in [0.4, 0.5) is 0 Å². The van der Waals surface area contributed by atoms with Gasteiger partial charge in [-0.05, 0) is 45.1 Å². The van der Waals surface area contributed by atoms with Crippen LogP contribution in [0.2, 0.25) is 0 Å². The second-order valence-corrected chi connectivity index (χ2v) is 8.55. The van der Waals surface area contributed by atoms with Gasteiger partial charge in [0.05, 0.1) is 5.39 Å². The zero-order valence-corrected chi connectivity index (χ0v) is 15.5. The number of carbonyl (C=O) groups excluding carboxylic acids is 1. The largest absolute Gasteiger partial charge is 0.353 e. The van der Waals surface area contributed by atoms with E-state index in [2.05, 4.69) is 20.6 Å². The molecular formula is C18H24N4O2S. The van der Waals surface area contributed by atoms with Crippen molar-refractivity contribution in [1.29, 1.82) is 0 Å². The van der Waals surface area contributed by atoms with Gasteiger partial charge in [0.1, 0.15) is 10.7 Å². The predicted octanol–water partition coefficient (Wildman–Crippen LogP) is 1.93. The monoisotopic (exact) mass is 360 g/mol. The third-order valence-electron chi connectivity index (χ3n) is 5.52. The topological polar surface area (TPSA) is 86.9 Å². The maximum Gasteiger partial charge on any atom is 0.259 e. The van der Waals surface area contributed by atoms with E-state index in [0.29, 0.717) is 36.1 Å². The summed E-state index contributed by atoms with van der Waals surface area (Å²) >= 11 is 1.54. The number of nitrogens with zero attached hydrogens (tertiary/aromatic N) is 1. The van der Waals surface area contributed by atoms with Gasteiger partial charge in [-0.25, -0.2) is 4.98 Å². The highest BCUT2D eigenvalue weighted by molar-refractivity contribution is 7.18. The van der Waals surface area contributed by atoms with Crippen molar-refractivity contribution in [3.8, 4) is 0 Å². The molecule has 7 heteroatoms. The average molecular weight is 360 g/mol. The Morgan fingerprint density at radius 1 is 1.28 bits per heavy atom. The molecule has 25 heavy (non-hydrogen) atoms. The zero-order valence-electron chi connectivity index (χ0n) is 14.6. The molecule has 1 amide bonds. The number of thiophene rings is 1. The van der Waals surface area contributed by atoms with Crippen LogP contribution in [0.1, 0.15) is 48.4 Å². The van der Waals surface area contributed by atoms with Crippen LogP contribution in [0.25, 0.3) is 10.2 Å². The van der Waals surface area contributed by atoms with Gasteiger partial charge in [0.2, 0.25) is 5.91 Å². The van der Waals surface area contributed by atoms with Crippen LogP contribution in [0.5, 0.6) is 0 Å². The number of aromatic nitrogens is 2. The average Bonchev–Trinajstić information content (AvgIpc) is 3.05. The van der Waals surface area contributed by atoms with E-state index in [1.54, 1.807) is 0 Å². The first-order chi connectivity index (χ1) is 12.0. The number of amides is 1. The van der Waals surface area contributed by atoms with Crippen molar-refractivity contribution in [3.05, 3.63) is 26.6 Å². The third kappa shape index (κ3) is 3.35. The standard InChI is InChI=1S/C18H24N4O2S/c1-9-10(2)25-18-16(9)17(24)21-14(22-18)5-6-15(23)20-13-7-11-3-4-12(8-13)19-11/h11-13,19H,3-8H2,1-2H3,(H,20,23)(H,21,22,24). The lowest BCUT2D eigenvalue weighted by atomic mass is 9.99. The van der Waals surface area contributed by atoms with Gasteiger partial charge in [-0.1, -0.05) is 0 Å². The highest BCUT2D eigenvalue weighted by atomic mass is 32.1. The summed E-state index contributed by atoms with van der Waals surface area (Å²) in [7, 11) is 0. The maximum absolute atomic E-state index is 12.3. The van der Waals surface area contributed by atoms with Gasteiger partial charge < -0.3 is 15.6 Å². The molecule has 4 heterocycles. The molecule has 2 aromatic heterocycles. The van der Waals surface area contributed by atoms with Crippen molar-refractivity contribution in [3.63, 3.8) is 0 Å². The van der Waals surface area contributed by atoms with Crippen molar-refractivity contribution in [2.75, 3.05) is 0 Å². The fourth-order valence-corrected chi connectivity index (χ4v) is 5.17. The zero-order chi connectivity index (χ0) is 17.6. The highest BCUT2D eigenvalue weighted by Gasteiger charge is 2.33. The second-order valence-electron chi connectivity index (χ2n) is 7.35. The van der Waals surface area contributed by atoms with E-state index in [1.807, 2.05) is 13.8 Å². The van der Waals surface area contributed by atoms with E-state index >= 15 is 0 Å². The van der Waals surface area contributed by atoms with Crippen LogP contribution >= 0.6 is 11.3 Å². The summed E-state index contributed by atoms with van der Waals surface area (Å²) in [5.74, 6) is 0.645. The molecule has 2 aromatic rings. The van der Waals surface area contributed by atoms with Crippen molar-refractivity contribution < 1.29 is 4.79 Å². The fraction of sp³-hybridized carbons (Fsp3) is 0.611. The Balaban J connectivity index is 1.38. The number of rotatable bonds is 4. The van der Waals surface area contributed by atoms with Crippen LogP contribution in [0, 0.1) is 13.8 Å². The normalized spacial score (nSPS) is 25.4. The summed E-state index contributed by atoms with van der Waals surface area (Å²) in [6, 6.07) is 1.41. The Labute approximate surface area is 150 Å². The molecule has 2 aliphatic rings. The molecular weight excluding hydrogens is 336 g/mol. The second kappa shape index (κ2) is 6.53. The molecule has 6 nitrogen and oxygen atoms in total. The quantitative estimate of drug-likeness (QED) is 0.778. The molecule has 3 N–H and O–H groups in total. The van der Waals surface area contributed by atoms with Crippen LogP contribution < -0.4 is 16.2 Å². The summed E-state index contributed by atoms with van der Waals surface area (Å²) in [5, 5.41) is 7.42. The molecule has 0 spiro atoms. The van der Waals surface area contributed by atoms with Crippen molar-refractivity contribution in [1.82, 2.24) is 20.6 Å². The van der Waals surface area contributed by atoms with Crippen molar-refractivity contribution in [2.45, 2.75) is 70.5 Å². The van der Waals surface area contributed by atoms with Crippen LogP contribution in [0.3, 0.4) is 0 Å². The fourth-order valence-electron chi connectivity index (χ4n) is 4.12. The smallest absolute Gasteiger partial charge is 0.259 e. The summed E-state index contributed by atoms with van der Waals surface area (Å²) < 4.78 is 0. The number of fused-ring (bicyclic) bond motifs is 3. The lowest BCUT2D eigenvalue weighted by Crippen LogP contribution is -2.48. The Morgan fingerprint density at radius 3 is 2.72 bits per heavy atom. The van der Waals surface area contributed by atoms with Crippen LogP contribution in [0.15, 0.2) is 4.79 Å². The minimum absolute atomic E-state index is 0.0487. The van der Waals surface area contributed by atoms with Gasteiger partial charge in [0.15, 0.2) is 0 Å². The van der Waals surface area contributed by atoms with Gasteiger partial charge in [0.25, 0.3) is 5.56 Å². The van der Waals surface area contributed by atoms with E-state index in [1.165, 1.54) is 24.2 Å². The number of piperidine rings is 1. The summed E-state index contributed by atoms with van der Waals surface area (Å²) in [4.78, 5) is 33.8. The minimum Gasteiger partial charge on any atom is -0.353 e. The highest BCUT2D eigenvalue weighted by Crippen LogP contribution is 2.27. The lowest BCUT2D eigenvalue weighted by Gasteiger charge is -2.29. The molecule has 0 aromatic carbocycles. The molecule has 2 saturated heterocycles. The van der Waals surface area contributed by atoms with E-state index in [9.17, 15) is 9.59 Å². The summed E-state index contributed by atoms with van der Waals surface area (Å²) in [6.45, 7) is 3.95. The molecule has 134 valence electrons. The number of nitrogens with one attached hydrogen (secondary N) is 3. The number of hydrogen-bond acceptors (Lipinski definition) is 5. The molecule has 2 atom stereocenters. The lowest BCUT2D eigenvalue weighted by molar-refractivity contribution is -0.122. The number of aryl methyl sites for hydroxylation is 3. The number of aromatic amines is 1. The van der Waals surface area contributed by atoms with Gasteiger partial charge in [-0.3, -0.25) is 9.59 Å². The predicted molar refractivity (Wildman–Crippen MR) is 99.1 cm³/mol. The summed E-state index contributed by atoms with van der Waals surface area (Å²) in [5.41, 5.74) is 0.899. The van der Waals surface area contributed by atoms with Crippen molar-refractivity contribution in [2.24, 2.45) is 0 Å². The molecule has 2 aliphatic heterocycles. The van der Waals surface area contributed by atoms with Crippen molar-refractivity contribution >= 4 is 27.5 Å². The van der Waals surface area contributed by atoms with Crippen LogP contribution in [-0.2, 0) is 11.2 Å². The number of carbonyl (C=O) groups is 1. The molecule has 4 rings (SSSR count). The Bertz CT molecular complexity index is 860. The number of hydrogen-bond donors (Lipinski definition) is 3. The first-order valence-electron chi connectivity index (χ1n) is 9.04.